The van der Waals surface area contributed by atoms with Crippen molar-refractivity contribution >= 4 is 54.7 Å². The summed E-state index contributed by atoms with van der Waals surface area (Å²) in [5.74, 6) is 0.141. The third-order valence-electron chi connectivity index (χ3n) is 4.41. The zero-order valence-corrected chi connectivity index (χ0v) is 18.7. The fourth-order valence-electron chi connectivity index (χ4n) is 2.80. The van der Waals surface area contributed by atoms with Gasteiger partial charge in [0.1, 0.15) is 0 Å². The number of carbonyl (C=O) groups excluding carboxylic acids is 1. The summed E-state index contributed by atoms with van der Waals surface area (Å²) in [6.45, 7) is 2.12. The summed E-state index contributed by atoms with van der Waals surface area (Å²) in [5, 5.41) is 11.1. The van der Waals surface area contributed by atoms with E-state index in [0.717, 1.165) is 11.3 Å². The number of hydrogen-bond donors (Lipinski definition) is 0. The Morgan fingerprint density at radius 3 is 2.70 bits per heavy atom. The molecule has 2 aromatic carbocycles. The number of non-ortho nitro benzene ring substituents is 1. The second-order valence-corrected chi connectivity index (χ2v) is 10.6. The Balaban J connectivity index is 2.11. The third-order valence-corrected chi connectivity index (χ3v) is 7.78. The number of nitrogens with zero attached hydrogens (tertiary/aromatic N) is 3. The van der Waals surface area contributed by atoms with Crippen LogP contribution in [0.25, 0.3) is 10.2 Å². The fraction of sp³-hybridized carbons (Fsp3) is 0.263. The van der Waals surface area contributed by atoms with Gasteiger partial charge < -0.3 is 4.57 Å². The van der Waals surface area contributed by atoms with Crippen LogP contribution in [0.3, 0.4) is 0 Å². The number of aryl methyl sites for hydroxylation is 1. The van der Waals surface area contributed by atoms with Crippen LogP contribution < -0.4 is 4.80 Å². The molecule has 158 valence electrons. The SMILES string of the molecule is CCS(=O)(=O)c1cccc(C(=O)N=c2sc3cc([N+](=O)[O-])ccc3n2CCSC)c1. The van der Waals surface area contributed by atoms with E-state index in [0.29, 0.717) is 16.0 Å². The standard InChI is InChI=1S/C19H19N3O5S3/c1-3-30(26,27)15-6-4-5-13(11-15)18(23)20-19-21(9-10-28-2)16-8-7-14(22(24)25)12-17(16)29-19/h4-8,11-12H,3,9-10H2,1-2H3. The number of nitro groups is 1. The minimum Gasteiger partial charge on any atom is -0.315 e. The summed E-state index contributed by atoms with van der Waals surface area (Å²) in [7, 11) is -3.44. The van der Waals surface area contributed by atoms with Gasteiger partial charge in [0, 0.05) is 30.0 Å². The van der Waals surface area contributed by atoms with Gasteiger partial charge in [0.05, 0.1) is 25.8 Å². The molecule has 0 aliphatic carbocycles. The summed E-state index contributed by atoms with van der Waals surface area (Å²) < 4.78 is 26.7. The van der Waals surface area contributed by atoms with Gasteiger partial charge in [0.25, 0.3) is 11.6 Å². The Labute approximate surface area is 181 Å². The van der Waals surface area contributed by atoms with Crippen LogP contribution in [0.15, 0.2) is 52.4 Å². The minimum absolute atomic E-state index is 0.0314. The Bertz CT molecular complexity index is 1290. The zero-order valence-electron chi connectivity index (χ0n) is 16.3. The second kappa shape index (κ2) is 9.11. The van der Waals surface area contributed by atoms with Crippen molar-refractivity contribution < 1.29 is 18.1 Å². The van der Waals surface area contributed by atoms with E-state index in [1.54, 1.807) is 24.8 Å². The molecule has 0 fully saturated rings. The first-order chi connectivity index (χ1) is 14.3. The smallest absolute Gasteiger partial charge is 0.279 e. The quantitative estimate of drug-likeness (QED) is 0.390. The highest BCUT2D eigenvalue weighted by Crippen LogP contribution is 2.23. The van der Waals surface area contributed by atoms with E-state index >= 15 is 0 Å². The number of fused-ring (bicyclic) bond motifs is 1. The highest BCUT2D eigenvalue weighted by Gasteiger charge is 2.16. The van der Waals surface area contributed by atoms with E-state index in [-0.39, 0.29) is 21.9 Å². The number of thioether (sulfide) groups is 1. The lowest BCUT2D eigenvalue weighted by atomic mass is 10.2. The Hall–Kier alpha value is -2.50. The number of nitro benzene ring substituents is 1. The molecule has 0 atom stereocenters. The van der Waals surface area contributed by atoms with Gasteiger partial charge in [-0.1, -0.05) is 24.3 Å². The number of carbonyl (C=O) groups is 1. The molecule has 0 aliphatic heterocycles. The molecule has 30 heavy (non-hydrogen) atoms. The monoisotopic (exact) mass is 465 g/mol. The van der Waals surface area contributed by atoms with Crippen molar-refractivity contribution in [1.29, 1.82) is 0 Å². The number of aromatic nitrogens is 1. The van der Waals surface area contributed by atoms with Crippen molar-refractivity contribution in [2.45, 2.75) is 18.4 Å². The maximum Gasteiger partial charge on any atom is 0.279 e. The summed E-state index contributed by atoms with van der Waals surface area (Å²) in [6, 6.07) is 10.4. The molecular weight excluding hydrogens is 446 g/mol. The molecule has 0 radical (unpaired) electrons. The predicted molar refractivity (Wildman–Crippen MR) is 119 cm³/mol. The lowest BCUT2D eigenvalue weighted by molar-refractivity contribution is -0.384. The van der Waals surface area contributed by atoms with Crippen LogP contribution in [0.2, 0.25) is 0 Å². The molecule has 0 spiro atoms. The third kappa shape index (κ3) is 4.63. The first-order valence-corrected chi connectivity index (χ1v) is 12.8. The molecule has 1 heterocycles. The van der Waals surface area contributed by atoms with Gasteiger partial charge in [0.2, 0.25) is 0 Å². The van der Waals surface area contributed by atoms with Gasteiger partial charge in [0.15, 0.2) is 14.6 Å². The molecule has 3 aromatic rings. The van der Waals surface area contributed by atoms with Crippen LogP contribution in [0.4, 0.5) is 5.69 Å². The molecule has 0 bridgehead atoms. The summed E-state index contributed by atoms with van der Waals surface area (Å²) >= 11 is 2.82. The van der Waals surface area contributed by atoms with E-state index in [1.807, 2.05) is 10.8 Å². The van der Waals surface area contributed by atoms with Crippen molar-refractivity contribution in [1.82, 2.24) is 4.57 Å². The largest absolute Gasteiger partial charge is 0.315 e. The minimum atomic E-state index is -3.44. The van der Waals surface area contributed by atoms with Crippen LogP contribution in [0.1, 0.15) is 17.3 Å². The van der Waals surface area contributed by atoms with E-state index in [9.17, 15) is 23.3 Å². The summed E-state index contributed by atoms with van der Waals surface area (Å²) in [5.41, 5.74) is 0.897. The van der Waals surface area contributed by atoms with E-state index in [2.05, 4.69) is 4.99 Å². The number of benzene rings is 2. The first-order valence-electron chi connectivity index (χ1n) is 8.95. The Kier molecular flexibility index (Phi) is 6.74. The average Bonchev–Trinajstić information content (AvgIpc) is 3.08. The lowest BCUT2D eigenvalue weighted by Crippen LogP contribution is -2.18. The van der Waals surface area contributed by atoms with E-state index in [1.165, 1.54) is 47.7 Å². The van der Waals surface area contributed by atoms with Crippen LogP contribution in [0.5, 0.6) is 0 Å². The Morgan fingerprint density at radius 1 is 1.27 bits per heavy atom. The van der Waals surface area contributed by atoms with E-state index < -0.39 is 20.7 Å². The van der Waals surface area contributed by atoms with Gasteiger partial charge in [-0.25, -0.2) is 8.42 Å². The zero-order chi connectivity index (χ0) is 21.9. The molecule has 0 N–H and O–H groups in total. The lowest BCUT2D eigenvalue weighted by Gasteiger charge is -2.04. The topological polar surface area (TPSA) is 112 Å². The van der Waals surface area contributed by atoms with Gasteiger partial charge in [-0.2, -0.15) is 16.8 Å². The van der Waals surface area contributed by atoms with Gasteiger partial charge in [-0.05, 0) is 30.5 Å². The molecule has 0 saturated carbocycles. The molecular formula is C19H19N3O5S3. The molecule has 0 saturated heterocycles. The molecule has 1 amide bonds. The number of sulfone groups is 1. The van der Waals surface area contributed by atoms with Crippen LogP contribution in [0, 0.1) is 10.1 Å². The van der Waals surface area contributed by atoms with Crippen molar-refractivity contribution in [3.8, 4) is 0 Å². The molecule has 8 nitrogen and oxygen atoms in total. The maximum atomic E-state index is 12.8. The van der Waals surface area contributed by atoms with Gasteiger partial charge in [-0.3, -0.25) is 14.9 Å². The Morgan fingerprint density at radius 2 is 2.03 bits per heavy atom. The van der Waals surface area contributed by atoms with Gasteiger partial charge in [-0.15, -0.1) is 0 Å². The van der Waals surface area contributed by atoms with Crippen molar-refractivity contribution in [2.24, 2.45) is 4.99 Å². The first kappa shape index (κ1) is 22.2. The van der Waals surface area contributed by atoms with Crippen molar-refractivity contribution in [3.63, 3.8) is 0 Å². The molecule has 1 aromatic heterocycles. The normalized spacial score (nSPS) is 12.4. The second-order valence-electron chi connectivity index (χ2n) is 6.29. The number of amides is 1. The number of thiazole rings is 1. The number of hydrogen-bond acceptors (Lipinski definition) is 7. The maximum absolute atomic E-state index is 12.8. The van der Waals surface area contributed by atoms with Crippen LogP contribution >= 0.6 is 23.1 Å². The average molecular weight is 466 g/mol. The predicted octanol–water partition coefficient (Wildman–Crippen LogP) is 3.51. The molecule has 11 heteroatoms. The highest BCUT2D eigenvalue weighted by atomic mass is 32.2. The van der Waals surface area contributed by atoms with Crippen LogP contribution in [-0.4, -0.2) is 41.6 Å². The summed E-state index contributed by atoms with van der Waals surface area (Å²) in [6.07, 6.45) is 1.96. The van der Waals surface area contributed by atoms with Gasteiger partial charge >= 0.3 is 0 Å². The van der Waals surface area contributed by atoms with Crippen LogP contribution in [-0.2, 0) is 16.4 Å². The number of rotatable bonds is 7. The van der Waals surface area contributed by atoms with Crippen molar-refractivity contribution in [2.75, 3.05) is 17.8 Å². The van der Waals surface area contributed by atoms with E-state index in [4.69, 9.17) is 0 Å². The highest BCUT2D eigenvalue weighted by molar-refractivity contribution is 7.98. The molecule has 0 unspecified atom stereocenters. The summed E-state index contributed by atoms with van der Waals surface area (Å²) in [4.78, 5) is 28.1. The van der Waals surface area contributed by atoms with Crippen molar-refractivity contribution in [3.05, 3.63) is 62.9 Å². The molecule has 3 rings (SSSR count). The fourth-order valence-corrected chi connectivity index (χ4v) is 5.18. The molecule has 0 aliphatic rings.